The highest BCUT2D eigenvalue weighted by Crippen LogP contribution is 2.29. The van der Waals surface area contributed by atoms with Gasteiger partial charge in [-0.15, -0.1) is 11.3 Å². The van der Waals surface area contributed by atoms with Crippen molar-refractivity contribution in [2.75, 3.05) is 4.72 Å². The second-order valence-electron chi connectivity index (χ2n) is 5.69. The molecule has 0 saturated heterocycles. The molecule has 1 aromatic heterocycles. The van der Waals surface area contributed by atoms with E-state index in [2.05, 4.69) is 9.71 Å². The van der Waals surface area contributed by atoms with Gasteiger partial charge < -0.3 is 5.11 Å². The number of nitrogens with zero attached hydrogens (tertiary/aromatic N) is 1. The van der Waals surface area contributed by atoms with E-state index < -0.39 is 26.2 Å². The minimum absolute atomic E-state index is 0.180. The highest BCUT2D eigenvalue weighted by atomic mass is 32.2. The van der Waals surface area contributed by atoms with Gasteiger partial charge in [-0.05, 0) is 34.6 Å². The standard InChI is InChI=1S/C11H18N2O4S2/c1-10(2,3)19(16,17)13-9-12-7(6-18-9)11(4,5)8(14)15/h6H,1-5H3,(H,12,13)(H,14,15). The van der Waals surface area contributed by atoms with Gasteiger partial charge in [0.2, 0.25) is 10.0 Å². The van der Waals surface area contributed by atoms with Crippen molar-refractivity contribution in [1.82, 2.24) is 4.98 Å². The Balaban J connectivity index is 3.04. The van der Waals surface area contributed by atoms with Gasteiger partial charge in [-0.2, -0.15) is 0 Å². The zero-order chi connectivity index (χ0) is 15.1. The second kappa shape index (κ2) is 4.75. The van der Waals surface area contributed by atoms with Crippen LogP contribution < -0.4 is 4.72 Å². The maximum Gasteiger partial charge on any atom is 0.315 e. The Bertz CT molecular complexity index is 582. The number of rotatable bonds is 4. The lowest BCUT2D eigenvalue weighted by molar-refractivity contribution is -0.142. The molecule has 0 aromatic carbocycles. The molecule has 1 aromatic rings. The Morgan fingerprint density at radius 2 is 1.84 bits per heavy atom. The summed E-state index contributed by atoms with van der Waals surface area (Å²) in [5.41, 5.74) is -0.821. The fourth-order valence-corrected chi connectivity index (χ4v) is 2.81. The third-order valence-corrected chi connectivity index (χ3v) is 5.67. The third-order valence-electron chi connectivity index (χ3n) is 2.71. The first kappa shape index (κ1) is 15.9. The lowest BCUT2D eigenvalue weighted by Gasteiger charge is -2.19. The molecule has 108 valence electrons. The predicted molar refractivity (Wildman–Crippen MR) is 75.1 cm³/mol. The van der Waals surface area contributed by atoms with Gasteiger partial charge in [0, 0.05) is 5.38 Å². The molecule has 1 heterocycles. The van der Waals surface area contributed by atoms with E-state index in [1.165, 1.54) is 13.8 Å². The summed E-state index contributed by atoms with van der Waals surface area (Å²) in [6.45, 7) is 7.76. The van der Waals surface area contributed by atoms with Crippen molar-refractivity contribution in [1.29, 1.82) is 0 Å². The normalized spacial score (nSPS) is 13.3. The quantitative estimate of drug-likeness (QED) is 0.887. The van der Waals surface area contributed by atoms with Crippen LogP contribution in [0.15, 0.2) is 5.38 Å². The first-order chi connectivity index (χ1) is 8.38. The number of sulfonamides is 1. The maximum atomic E-state index is 12.0. The molecule has 0 aliphatic rings. The summed E-state index contributed by atoms with van der Waals surface area (Å²) in [6, 6.07) is 0. The van der Waals surface area contributed by atoms with Crippen LogP contribution in [0.1, 0.15) is 40.3 Å². The molecule has 1 rings (SSSR count). The van der Waals surface area contributed by atoms with E-state index in [0.29, 0.717) is 5.69 Å². The van der Waals surface area contributed by atoms with Crippen molar-refractivity contribution >= 4 is 32.5 Å². The molecule has 0 aliphatic carbocycles. The van der Waals surface area contributed by atoms with Crippen LogP contribution in [0.25, 0.3) is 0 Å². The number of aromatic nitrogens is 1. The van der Waals surface area contributed by atoms with Gasteiger partial charge in [0.15, 0.2) is 5.13 Å². The van der Waals surface area contributed by atoms with Crippen LogP contribution in [-0.4, -0.2) is 29.2 Å². The Morgan fingerprint density at radius 1 is 1.32 bits per heavy atom. The Labute approximate surface area is 116 Å². The second-order valence-corrected chi connectivity index (χ2v) is 8.98. The molecular formula is C11H18N2O4S2. The van der Waals surface area contributed by atoms with Crippen LogP contribution in [0.5, 0.6) is 0 Å². The van der Waals surface area contributed by atoms with E-state index in [1.54, 1.807) is 26.2 Å². The largest absolute Gasteiger partial charge is 0.481 e. The van der Waals surface area contributed by atoms with Gasteiger partial charge in [0.25, 0.3) is 0 Å². The molecule has 0 radical (unpaired) electrons. The van der Waals surface area contributed by atoms with Gasteiger partial charge in [-0.1, -0.05) is 0 Å². The average Bonchev–Trinajstić information content (AvgIpc) is 2.63. The highest BCUT2D eigenvalue weighted by molar-refractivity contribution is 7.94. The van der Waals surface area contributed by atoms with Crippen molar-refractivity contribution in [2.45, 2.75) is 44.8 Å². The number of carboxylic acids is 1. The van der Waals surface area contributed by atoms with Gasteiger partial charge in [-0.3, -0.25) is 9.52 Å². The maximum absolute atomic E-state index is 12.0. The van der Waals surface area contributed by atoms with Crippen LogP contribution >= 0.6 is 11.3 Å². The number of aliphatic carboxylic acids is 1. The highest BCUT2D eigenvalue weighted by Gasteiger charge is 2.34. The van der Waals surface area contributed by atoms with Crippen LogP contribution in [0, 0.1) is 0 Å². The number of hydrogen-bond donors (Lipinski definition) is 2. The molecule has 0 unspecified atom stereocenters. The lowest BCUT2D eigenvalue weighted by atomic mass is 9.91. The van der Waals surface area contributed by atoms with Gasteiger partial charge in [0.1, 0.15) is 5.41 Å². The summed E-state index contributed by atoms with van der Waals surface area (Å²) in [5.74, 6) is -1.01. The molecule has 0 bridgehead atoms. The van der Waals surface area contributed by atoms with Crippen molar-refractivity contribution in [3.05, 3.63) is 11.1 Å². The summed E-state index contributed by atoms with van der Waals surface area (Å²) in [5, 5.41) is 10.8. The molecule has 0 saturated carbocycles. The molecule has 8 heteroatoms. The molecule has 19 heavy (non-hydrogen) atoms. The molecule has 0 fully saturated rings. The van der Waals surface area contributed by atoms with Crippen molar-refractivity contribution in [3.63, 3.8) is 0 Å². The van der Waals surface area contributed by atoms with E-state index in [4.69, 9.17) is 5.11 Å². The average molecular weight is 306 g/mol. The number of thiazole rings is 1. The predicted octanol–water partition coefficient (Wildman–Crippen LogP) is 2.05. The summed E-state index contributed by atoms with van der Waals surface area (Å²) in [7, 11) is -3.55. The molecule has 0 spiro atoms. The van der Waals surface area contributed by atoms with Crippen molar-refractivity contribution in [3.8, 4) is 0 Å². The zero-order valence-electron chi connectivity index (χ0n) is 11.5. The van der Waals surface area contributed by atoms with Crippen LogP contribution in [-0.2, 0) is 20.2 Å². The fourth-order valence-electron chi connectivity index (χ4n) is 0.985. The minimum Gasteiger partial charge on any atom is -0.481 e. The van der Waals surface area contributed by atoms with Gasteiger partial charge in [0.05, 0.1) is 10.4 Å². The van der Waals surface area contributed by atoms with E-state index in [-0.39, 0.29) is 5.13 Å². The minimum atomic E-state index is -3.55. The topological polar surface area (TPSA) is 96.4 Å². The molecule has 2 N–H and O–H groups in total. The molecule has 0 aliphatic heterocycles. The number of nitrogens with one attached hydrogen (secondary N) is 1. The number of anilines is 1. The van der Waals surface area contributed by atoms with Gasteiger partial charge >= 0.3 is 5.97 Å². The lowest BCUT2D eigenvalue weighted by Crippen LogP contribution is -2.34. The summed E-state index contributed by atoms with van der Waals surface area (Å²) >= 11 is 1.07. The molecule has 6 nitrogen and oxygen atoms in total. The van der Waals surface area contributed by atoms with Crippen molar-refractivity contribution in [2.24, 2.45) is 0 Å². The fraction of sp³-hybridized carbons (Fsp3) is 0.636. The van der Waals surface area contributed by atoms with Crippen LogP contribution in [0.2, 0.25) is 0 Å². The third kappa shape index (κ3) is 3.24. The Hall–Kier alpha value is -1.15. The SMILES string of the molecule is CC(C)(C(=O)O)c1csc(NS(=O)(=O)C(C)(C)C)n1. The van der Waals surface area contributed by atoms with Crippen LogP contribution in [0.4, 0.5) is 5.13 Å². The molecular weight excluding hydrogens is 288 g/mol. The van der Waals surface area contributed by atoms with Crippen molar-refractivity contribution < 1.29 is 18.3 Å². The summed E-state index contributed by atoms with van der Waals surface area (Å²) in [4.78, 5) is 15.2. The first-order valence-electron chi connectivity index (χ1n) is 5.60. The first-order valence-corrected chi connectivity index (χ1v) is 7.96. The van der Waals surface area contributed by atoms with Gasteiger partial charge in [-0.25, -0.2) is 13.4 Å². The summed E-state index contributed by atoms with van der Waals surface area (Å²) in [6.07, 6.45) is 0. The molecule has 0 atom stereocenters. The molecule has 0 amide bonds. The van der Waals surface area contributed by atoms with E-state index in [1.807, 2.05) is 0 Å². The van der Waals surface area contributed by atoms with E-state index in [0.717, 1.165) is 11.3 Å². The number of carbonyl (C=O) groups is 1. The van der Waals surface area contributed by atoms with E-state index in [9.17, 15) is 13.2 Å². The number of carboxylic acid groups (broad SMARTS) is 1. The number of hydrogen-bond acceptors (Lipinski definition) is 5. The van der Waals surface area contributed by atoms with Crippen LogP contribution in [0.3, 0.4) is 0 Å². The van der Waals surface area contributed by atoms with E-state index >= 15 is 0 Å². The zero-order valence-corrected chi connectivity index (χ0v) is 13.1. The Kier molecular flexibility index (Phi) is 3.98. The Morgan fingerprint density at radius 3 is 2.26 bits per heavy atom. The smallest absolute Gasteiger partial charge is 0.315 e. The summed E-state index contributed by atoms with van der Waals surface area (Å²) < 4.78 is 25.3. The monoisotopic (exact) mass is 306 g/mol.